The first-order valence-electron chi connectivity index (χ1n) is 23.8. The molecule has 0 bridgehead atoms. The lowest BCUT2D eigenvalue weighted by Crippen LogP contribution is -2.59. The summed E-state index contributed by atoms with van der Waals surface area (Å²) in [6, 6.07) is 0. The van der Waals surface area contributed by atoms with E-state index in [1.165, 1.54) is 141 Å². The monoisotopic (exact) mass is 813 g/mol. The van der Waals surface area contributed by atoms with E-state index in [1.54, 1.807) is 0 Å². The molecule has 57 heavy (non-hydrogen) atoms. The van der Waals surface area contributed by atoms with Gasteiger partial charge in [0.1, 0.15) is 31.0 Å². The molecule has 6 atom stereocenters. The lowest BCUT2D eigenvalue weighted by atomic mass is 9.99. The molecule has 1 heterocycles. The van der Waals surface area contributed by atoms with Gasteiger partial charge in [0.25, 0.3) is 0 Å². The van der Waals surface area contributed by atoms with Crippen LogP contribution in [0.5, 0.6) is 0 Å². The summed E-state index contributed by atoms with van der Waals surface area (Å²) in [6.45, 7) is 3.44. The van der Waals surface area contributed by atoms with Gasteiger partial charge in [-0.15, -0.1) is 0 Å². The maximum absolute atomic E-state index is 12.8. The Bertz CT molecular complexity index is 943. The van der Waals surface area contributed by atoms with Crippen molar-refractivity contribution in [1.82, 2.24) is 0 Å². The molecule has 0 aromatic heterocycles. The van der Waals surface area contributed by atoms with Gasteiger partial charge in [0.15, 0.2) is 12.4 Å². The topological polar surface area (TPSA) is 152 Å². The number of hydrogen-bond acceptors (Lipinski definition) is 10. The van der Waals surface area contributed by atoms with E-state index in [1.807, 2.05) is 0 Å². The fourth-order valence-electron chi connectivity index (χ4n) is 7.36. The van der Waals surface area contributed by atoms with Gasteiger partial charge < -0.3 is 39.4 Å². The van der Waals surface area contributed by atoms with Crippen molar-refractivity contribution in [2.75, 3.05) is 19.8 Å². The standard InChI is InChI=1S/C47H88O10/c1-3-5-7-9-11-13-15-17-19-20-21-22-24-26-28-30-32-34-36-43(50)56-40(39-55-47-46(53)45(52)44(51)41(37-48)57-47)38-54-42(49)35-33-31-29-27-25-23-18-16-14-12-10-8-6-4-2/h19-20,40-41,44-48,51-53H,3-18,21-39H2,1-2H3/b20-19-. The van der Waals surface area contributed by atoms with Crippen molar-refractivity contribution in [1.29, 1.82) is 0 Å². The fourth-order valence-corrected chi connectivity index (χ4v) is 7.36. The van der Waals surface area contributed by atoms with Crippen LogP contribution in [0.15, 0.2) is 12.2 Å². The number of hydrogen-bond donors (Lipinski definition) is 4. The van der Waals surface area contributed by atoms with Crippen LogP contribution in [0.1, 0.15) is 219 Å². The van der Waals surface area contributed by atoms with E-state index in [-0.39, 0.29) is 32.0 Å². The molecule has 0 spiro atoms. The van der Waals surface area contributed by atoms with Crippen LogP contribution < -0.4 is 0 Å². The highest BCUT2D eigenvalue weighted by molar-refractivity contribution is 5.70. The van der Waals surface area contributed by atoms with Crippen LogP contribution in [-0.4, -0.2) is 89.0 Å². The van der Waals surface area contributed by atoms with Crippen molar-refractivity contribution in [3.05, 3.63) is 12.2 Å². The zero-order valence-electron chi connectivity index (χ0n) is 36.6. The predicted molar refractivity (Wildman–Crippen MR) is 229 cm³/mol. The Morgan fingerprint density at radius 3 is 1.37 bits per heavy atom. The van der Waals surface area contributed by atoms with E-state index < -0.39 is 49.4 Å². The minimum absolute atomic E-state index is 0.213. The summed E-state index contributed by atoms with van der Waals surface area (Å²) in [5.41, 5.74) is 0. The van der Waals surface area contributed by atoms with E-state index in [0.717, 1.165) is 44.9 Å². The molecule has 0 aliphatic carbocycles. The first-order chi connectivity index (χ1) is 27.8. The van der Waals surface area contributed by atoms with Crippen molar-refractivity contribution in [2.24, 2.45) is 0 Å². The van der Waals surface area contributed by atoms with E-state index >= 15 is 0 Å². The lowest BCUT2D eigenvalue weighted by Gasteiger charge is -2.39. The minimum Gasteiger partial charge on any atom is -0.462 e. The molecule has 6 unspecified atom stereocenters. The Hall–Kier alpha value is -1.56. The quantitative estimate of drug-likeness (QED) is 0.0267. The summed E-state index contributed by atoms with van der Waals surface area (Å²) in [6.07, 6.45) is 33.6. The van der Waals surface area contributed by atoms with Crippen molar-refractivity contribution in [2.45, 2.75) is 256 Å². The van der Waals surface area contributed by atoms with Gasteiger partial charge in [-0.3, -0.25) is 9.59 Å². The molecule has 1 fully saturated rings. The SMILES string of the molecule is CCCCCCCCC/C=C\CCCCCCCCCC(=O)OC(COC(=O)CCCCCCCCCCCCCCCC)COC1OC(CO)C(O)C(O)C1O. The van der Waals surface area contributed by atoms with Crippen LogP contribution in [0.2, 0.25) is 0 Å². The molecule has 0 radical (unpaired) electrons. The summed E-state index contributed by atoms with van der Waals surface area (Å²) in [5.74, 6) is -0.800. The van der Waals surface area contributed by atoms with Gasteiger partial charge in [-0.2, -0.15) is 0 Å². The van der Waals surface area contributed by atoms with Crippen LogP contribution in [0.3, 0.4) is 0 Å². The smallest absolute Gasteiger partial charge is 0.306 e. The van der Waals surface area contributed by atoms with Gasteiger partial charge in [0.05, 0.1) is 13.2 Å². The van der Waals surface area contributed by atoms with Gasteiger partial charge in [-0.25, -0.2) is 0 Å². The van der Waals surface area contributed by atoms with Crippen LogP contribution in [-0.2, 0) is 28.5 Å². The molecule has 10 nitrogen and oxygen atoms in total. The molecular formula is C47H88O10. The number of unbranched alkanes of at least 4 members (excludes halogenated alkanes) is 27. The van der Waals surface area contributed by atoms with Crippen molar-refractivity contribution < 1.29 is 49.0 Å². The second kappa shape index (κ2) is 38.6. The average molecular weight is 813 g/mol. The molecule has 0 saturated carbocycles. The summed E-state index contributed by atoms with van der Waals surface area (Å²) in [4.78, 5) is 25.4. The second-order valence-electron chi connectivity index (χ2n) is 16.6. The Morgan fingerprint density at radius 1 is 0.526 bits per heavy atom. The van der Waals surface area contributed by atoms with Gasteiger partial charge in [-0.1, -0.05) is 180 Å². The van der Waals surface area contributed by atoms with E-state index in [9.17, 15) is 30.0 Å². The van der Waals surface area contributed by atoms with E-state index in [4.69, 9.17) is 18.9 Å². The van der Waals surface area contributed by atoms with Gasteiger partial charge in [0.2, 0.25) is 0 Å². The normalized spacial score (nSPS) is 20.3. The highest BCUT2D eigenvalue weighted by atomic mass is 16.7. The molecule has 0 amide bonds. The lowest BCUT2D eigenvalue weighted by molar-refractivity contribution is -0.305. The number of carbonyl (C=O) groups is 2. The van der Waals surface area contributed by atoms with Gasteiger partial charge >= 0.3 is 11.9 Å². The Labute approximate surface area is 348 Å². The van der Waals surface area contributed by atoms with Crippen LogP contribution in [0.25, 0.3) is 0 Å². The number of aliphatic hydroxyl groups is 4. The number of esters is 2. The fraction of sp³-hybridized carbons (Fsp3) is 0.915. The molecule has 1 aliphatic rings. The summed E-state index contributed by atoms with van der Waals surface area (Å²) < 4.78 is 22.2. The highest BCUT2D eigenvalue weighted by Gasteiger charge is 2.44. The second-order valence-corrected chi connectivity index (χ2v) is 16.6. The molecule has 336 valence electrons. The molecular weight excluding hydrogens is 725 g/mol. The van der Waals surface area contributed by atoms with Crippen LogP contribution >= 0.6 is 0 Å². The molecule has 0 aromatic carbocycles. The Kier molecular flexibility index (Phi) is 36.2. The summed E-state index contributed by atoms with van der Waals surface area (Å²) >= 11 is 0. The zero-order valence-corrected chi connectivity index (χ0v) is 36.6. The molecule has 10 heteroatoms. The van der Waals surface area contributed by atoms with Crippen LogP contribution in [0, 0.1) is 0 Å². The maximum atomic E-state index is 12.8. The average Bonchev–Trinajstić information content (AvgIpc) is 3.21. The predicted octanol–water partition coefficient (Wildman–Crippen LogP) is 10.3. The number of carbonyl (C=O) groups excluding carboxylic acids is 2. The molecule has 1 aliphatic heterocycles. The number of aliphatic hydroxyl groups excluding tert-OH is 4. The summed E-state index contributed by atoms with van der Waals surface area (Å²) in [5, 5.41) is 40.1. The molecule has 1 saturated heterocycles. The third-order valence-corrected chi connectivity index (χ3v) is 11.2. The zero-order chi connectivity index (χ0) is 41.6. The number of rotatable bonds is 40. The first-order valence-corrected chi connectivity index (χ1v) is 23.8. The van der Waals surface area contributed by atoms with Gasteiger partial charge in [-0.05, 0) is 38.5 Å². The highest BCUT2D eigenvalue weighted by Crippen LogP contribution is 2.23. The number of ether oxygens (including phenoxy) is 4. The van der Waals surface area contributed by atoms with Crippen molar-refractivity contribution in [3.8, 4) is 0 Å². The maximum Gasteiger partial charge on any atom is 0.306 e. The van der Waals surface area contributed by atoms with Gasteiger partial charge in [0, 0.05) is 12.8 Å². The molecule has 4 N–H and O–H groups in total. The number of allylic oxidation sites excluding steroid dienone is 2. The van der Waals surface area contributed by atoms with Crippen LogP contribution in [0.4, 0.5) is 0 Å². The molecule has 1 rings (SSSR count). The third-order valence-electron chi connectivity index (χ3n) is 11.2. The minimum atomic E-state index is -1.59. The third kappa shape index (κ3) is 30.2. The summed E-state index contributed by atoms with van der Waals surface area (Å²) in [7, 11) is 0. The Balaban J connectivity index is 2.29. The Morgan fingerprint density at radius 2 is 0.930 bits per heavy atom. The van der Waals surface area contributed by atoms with Crippen molar-refractivity contribution in [3.63, 3.8) is 0 Å². The van der Waals surface area contributed by atoms with E-state index in [0.29, 0.717) is 6.42 Å². The first kappa shape index (κ1) is 53.5. The van der Waals surface area contributed by atoms with Crippen molar-refractivity contribution >= 4 is 11.9 Å². The molecule has 0 aromatic rings. The van der Waals surface area contributed by atoms with E-state index in [2.05, 4.69) is 26.0 Å². The largest absolute Gasteiger partial charge is 0.462 e.